The van der Waals surface area contributed by atoms with Crippen molar-refractivity contribution in [1.82, 2.24) is 9.62 Å². The molecule has 0 aliphatic carbocycles. The number of methoxy groups -OCH3 is 1. The molecular weight excluding hydrogens is 360 g/mol. The Labute approximate surface area is 153 Å². The molecule has 26 heavy (non-hydrogen) atoms. The first-order valence-corrected chi connectivity index (χ1v) is 10.0. The van der Waals surface area contributed by atoms with E-state index >= 15 is 0 Å². The number of rotatable bonds is 9. The van der Waals surface area contributed by atoms with Gasteiger partial charge in [0.25, 0.3) is 0 Å². The van der Waals surface area contributed by atoms with Crippen molar-refractivity contribution in [3.8, 4) is 5.75 Å². The fraction of sp³-hybridized carbons (Fsp3) is 0.529. The number of sulfonamides is 1. The van der Waals surface area contributed by atoms with Gasteiger partial charge in [0.2, 0.25) is 15.9 Å². The lowest BCUT2D eigenvalue weighted by Crippen LogP contribution is -2.36. The van der Waals surface area contributed by atoms with Gasteiger partial charge < -0.3 is 15.2 Å². The number of nitrogens with zero attached hydrogens (tertiary/aromatic N) is 1. The molecule has 2 rings (SSSR count). The normalized spacial score (nSPS) is 17.6. The number of hydrogen-bond donors (Lipinski definition) is 2. The SMILES string of the molecule is COc1ccccc1CC(CNC(=O)CCN1CCCS1(=O)=O)C(=O)O. The number of para-hydroxylation sites is 1. The lowest BCUT2D eigenvalue weighted by atomic mass is 9.98. The Morgan fingerprint density at radius 1 is 1.35 bits per heavy atom. The molecule has 0 saturated carbocycles. The summed E-state index contributed by atoms with van der Waals surface area (Å²) >= 11 is 0. The van der Waals surface area contributed by atoms with E-state index in [-0.39, 0.29) is 37.6 Å². The highest BCUT2D eigenvalue weighted by Gasteiger charge is 2.28. The van der Waals surface area contributed by atoms with Crippen molar-refractivity contribution >= 4 is 21.9 Å². The minimum Gasteiger partial charge on any atom is -0.496 e. The minimum absolute atomic E-state index is 0.0141. The Bertz CT molecular complexity index is 749. The van der Waals surface area contributed by atoms with Gasteiger partial charge in [-0.05, 0) is 24.5 Å². The van der Waals surface area contributed by atoms with Crippen LogP contribution in [0, 0.1) is 5.92 Å². The van der Waals surface area contributed by atoms with Gasteiger partial charge in [-0.3, -0.25) is 9.59 Å². The highest BCUT2D eigenvalue weighted by molar-refractivity contribution is 7.89. The zero-order valence-electron chi connectivity index (χ0n) is 14.7. The van der Waals surface area contributed by atoms with E-state index in [0.29, 0.717) is 18.7 Å². The van der Waals surface area contributed by atoms with Gasteiger partial charge in [-0.25, -0.2) is 12.7 Å². The Kier molecular flexibility index (Phi) is 6.98. The number of nitrogens with one attached hydrogen (secondary N) is 1. The van der Waals surface area contributed by atoms with Gasteiger partial charge in [0, 0.05) is 26.1 Å². The highest BCUT2D eigenvalue weighted by Crippen LogP contribution is 2.21. The molecule has 1 unspecified atom stereocenters. The smallest absolute Gasteiger partial charge is 0.308 e. The molecule has 0 radical (unpaired) electrons. The average Bonchev–Trinajstić information content (AvgIpc) is 2.95. The number of carbonyl (C=O) groups is 2. The molecule has 1 aromatic rings. The molecule has 0 bridgehead atoms. The average molecular weight is 384 g/mol. The lowest BCUT2D eigenvalue weighted by molar-refractivity contribution is -0.141. The summed E-state index contributed by atoms with van der Waals surface area (Å²) < 4.78 is 29.9. The third-order valence-electron chi connectivity index (χ3n) is 4.35. The van der Waals surface area contributed by atoms with Gasteiger partial charge in [-0.2, -0.15) is 0 Å². The summed E-state index contributed by atoms with van der Waals surface area (Å²) in [5, 5.41) is 12.0. The molecule has 1 amide bonds. The predicted octanol–water partition coefficient (Wildman–Crippen LogP) is 0.480. The molecule has 8 nitrogen and oxygen atoms in total. The maximum Gasteiger partial charge on any atom is 0.308 e. The predicted molar refractivity (Wildman–Crippen MR) is 95.4 cm³/mol. The van der Waals surface area contributed by atoms with Crippen LogP contribution in [0.15, 0.2) is 24.3 Å². The molecule has 144 valence electrons. The molecule has 1 saturated heterocycles. The van der Waals surface area contributed by atoms with E-state index in [1.165, 1.54) is 11.4 Å². The van der Waals surface area contributed by atoms with E-state index in [1.807, 2.05) is 0 Å². The van der Waals surface area contributed by atoms with Crippen molar-refractivity contribution in [1.29, 1.82) is 0 Å². The summed E-state index contributed by atoms with van der Waals surface area (Å²) in [6.45, 7) is 0.526. The maximum absolute atomic E-state index is 12.0. The lowest BCUT2D eigenvalue weighted by Gasteiger charge is -2.17. The summed E-state index contributed by atoms with van der Waals surface area (Å²) in [7, 11) is -1.71. The number of hydrogen-bond acceptors (Lipinski definition) is 5. The number of carboxylic acid groups (broad SMARTS) is 1. The molecule has 1 aliphatic rings. The summed E-state index contributed by atoms with van der Waals surface area (Å²) in [4.78, 5) is 23.5. The van der Waals surface area contributed by atoms with Crippen molar-refractivity contribution in [2.75, 3.05) is 32.5 Å². The number of carboxylic acids is 1. The summed E-state index contributed by atoms with van der Waals surface area (Å²) in [5.41, 5.74) is 0.750. The monoisotopic (exact) mass is 384 g/mol. The van der Waals surface area contributed by atoms with Crippen LogP contribution in [-0.2, 0) is 26.0 Å². The summed E-state index contributed by atoms with van der Waals surface area (Å²) in [6.07, 6.45) is 0.810. The fourth-order valence-electron chi connectivity index (χ4n) is 2.88. The molecule has 0 aromatic heterocycles. The molecule has 9 heteroatoms. The van der Waals surface area contributed by atoms with Crippen LogP contribution < -0.4 is 10.1 Å². The van der Waals surface area contributed by atoms with E-state index in [0.717, 1.165) is 5.56 Å². The van der Waals surface area contributed by atoms with E-state index in [1.54, 1.807) is 24.3 Å². The molecule has 1 aromatic carbocycles. The van der Waals surface area contributed by atoms with Crippen molar-refractivity contribution in [3.63, 3.8) is 0 Å². The van der Waals surface area contributed by atoms with Crippen LogP contribution in [0.4, 0.5) is 0 Å². The maximum atomic E-state index is 12.0. The van der Waals surface area contributed by atoms with Crippen LogP contribution in [0.2, 0.25) is 0 Å². The number of amides is 1. The van der Waals surface area contributed by atoms with Gasteiger partial charge in [-0.15, -0.1) is 0 Å². The van der Waals surface area contributed by atoms with Gasteiger partial charge in [0.15, 0.2) is 0 Å². The van der Waals surface area contributed by atoms with Crippen LogP contribution in [0.1, 0.15) is 18.4 Å². The van der Waals surface area contributed by atoms with Crippen LogP contribution in [0.5, 0.6) is 5.75 Å². The van der Waals surface area contributed by atoms with E-state index in [9.17, 15) is 23.1 Å². The first-order chi connectivity index (χ1) is 12.3. The number of ether oxygens (including phenoxy) is 1. The molecule has 2 N–H and O–H groups in total. The third kappa shape index (κ3) is 5.43. The van der Waals surface area contributed by atoms with Crippen LogP contribution >= 0.6 is 0 Å². The summed E-state index contributed by atoms with van der Waals surface area (Å²) in [6, 6.07) is 7.14. The molecule has 1 aliphatic heterocycles. The first-order valence-electron chi connectivity index (χ1n) is 8.42. The van der Waals surface area contributed by atoms with E-state index in [4.69, 9.17) is 4.74 Å². The zero-order valence-corrected chi connectivity index (χ0v) is 15.5. The zero-order chi connectivity index (χ0) is 19.2. The van der Waals surface area contributed by atoms with Gasteiger partial charge >= 0.3 is 5.97 Å². The number of carbonyl (C=O) groups excluding carboxylic acids is 1. The van der Waals surface area contributed by atoms with Gasteiger partial charge in [0.05, 0.1) is 18.8 Å². The van der Waals surface area contributed by atoms with Gasteiger partial charge in [-0.1, -0.05) is 18.2 Å². The van der Waals surface area contributed by atoms with Crippen molar-refractivity contribution in [2.45, 2.75) is 19.3 Å². The molecule has 1 fully saturated rings. The Balaban J connectivity index is 1.86. The largest absolute Gasteiger partial charge is 0.496 e. The fourth-order valence-corrected chi connectivity index (χ4v) is 4.41. The van der Waals surface area contributed by atoms with Gasteiger partial charge in [0.1, 0.15) is 5.75 Å². The molecule has 1 heterocycles. The topological polar surface area (TPSA) is 113 Å². The van der Waals surface area contributed by atoms with E-state index in [2.05, 4.69) is 5.32 Å². The highest BCUT2D eigenvalue weighted by atomic mass is 32.2. The second-order valence-corrected chi connectivity index (χ2v) is 8.26. The third-order valence-corrected chi connectivity index (χ3v) is 6.30. The Morgan fingerprint density at radius 2 is 2.08 bits per heavy atom. The second-order valence-electron chi connectivity index (χ2n) is 6.17. The van der Waals surface area contributed by atoms with Crippen LogP contribution in [0.25, 0.3) is 0 Å². The van der Waals surface area contributed by atoms with E-state index < -0.39 is 21.9 Å². The number of aliphatic carboxylic acids is 1. The van der Waals surface area contributed by atoms with Crippen LogP contribution in [0.3, 0.4) is 0 Å². The summed E-state index contributed by atoms with van der Waals surface area (Å²) in [5.74, 6) is -1.46. The van der Waals surface area contributed by atoms with Crippen molar-refractivity contribution < 1.29 is 27.9 Å². The van der Waals surface area contributed by atoms with Crippen molar-refractivity contribution in [2.24, 2.45) is 5.92 Å². The molecule has 1 atom stereocenters. The quantitative estimate of drug-likeness (QED) is 0.640. The Morgan fingerprint density at radius 3 is 2.69 bits per heavy atom. The second kappa shape index (κ2) is 9.00. The molecule has 0 spiro atoms. The standard InChI is InChI=1S/C17H24N2O6S/c1-25-15-6-3-2-5-13(15)11-14(17(21)22)12-18-16(20)7-9-19-8-4-10-26(19,23)24/h2-3,5-6,14H,4,7-12H2,1H3,(H,18,20)(H,21,22). The molecular formula is C17H24N2O6S. The van der Waals surface area contributed by atoms with Crippen molar-refractivity contribution in [3.05, 3.63) is 29.8 Å². The number of benzene rings is 1. The first kappa shape index (κ1) is 20.2. The van der Waals surface area contributed by atoms with Crippen LogP contribution in [-0.4, -0.2) is 62.2 Å². The Hall–Kier alpha value is -2.13. The minimum atomic E-state index is -3.23.